The fourth-order valence-electron chi connectivity index (χ4n) is 1.84. The Bertz CT molecular complexity index is 427. The molecule has 0 radical (unpaired) electrons. The molecule has 0 aliphatic carbocycles. The van der Waals surface area contributed by atoms with Gasteiger partial charge in [-0.3, -0.25) is 0 Å². The first-order valence-corrected chi connectivity index (χ1v) is 8.13. The Labute approximate surface area is 137 Å². The molecule has 0 aliphatic rings. The number of hydrogen-bond donors (Lipinski definition) is 2. The molecule has 0 aliphatic heterocycles. The number of halogens is 2. The highest BCUT2D eigenvalue weighted by Crippen LogP contribution is 2.26. The lowest BCUT2D eigenvalue weighted by molar-refractivity contribution is 0.103. The molecule has 21 heavy (non-hydrogen) atoms. The zero-order valence-corrected chi connectivity index (χ0v) is 14.4. The lowest BCUT2D eigenvalue weighted by Crippen LogP contribution is -2.36. The Balaban J connectivity index is 2.24. The largest absolute Gasteiger partial charge is 0.491 e. The minimum absolute atomic E-state index is 0.224. The maximum absolute atomic E-state index is 9.91. The van der Waals surface area contributed by atoms with E-state index in [0.717, 1.165) is 6.42 Å². The summed E-state index contributed by atoms with van der Waals surface area (Å²) in [5.74, 6) is 1.31. The highest BCUT2D eigenvalue weighted by Gasteiger charge is 2.09. The van der Waals surface area contributed by atoms with Crippen LogP contribution in [0.2, 0.25) is 10.0 Å². The molecule has 0 aromatic heterocycles. The summed E-state index contributed by atoms with van der Waals surface area (Å²) >= 11 is 11.7. The van der Waals surface area contributed by atoms with Gasteiger partial charge in [0.05, 0.1) is 10.0 Å². The van der Waals surface area contributed by atoms with Gasteiger partial charge in [-0.1, -0.05) is 37.0 Å². The Morgan fingerprint density at radius 3 is 2.48 bits per heavy atom. The summed E-state index contributed by atoms with van der Waals surface area (Å²) in [7, 11) is 0. The molecule has 0 heterocycles. The lowest BCUT2D eigenvalue weighted by Gasteiger charge is -2.18. The van der Waals surface area contributed by atoms with E-state index in [0.29, 0.717) is 34.3 Å². The molecule has 120 valence electrons. The van der Waals surface area contributed by atoms with Crippen molar-refractivity contribution in [2.24, 2.45) is 5.92 Å². The van der Waals surface area contributed by atoms with Crippen LogP contribution in [0, 0.1) is 5.92 Å². The van der Waals surface area contributed by atoms with Crippen molar-refractivity contribution in [2.45, 2.75) is 45.8 Å². The molecular formula is C16H25Cl2NO2. The molecule has 0 bridgehead atoms. The van der Waals surface area contributed by atoms with Gasteiger partial charge in [0.2, 0.25) is 0 Å². The predicted molar refractivity (Wildman–Crippen MR) is 89.5 cm³/mol. The second kappa shape index (κ2) is 9.52. The minimum atomic E-state index is -0.555. The Kier molecular flexibility index (Phi) is 8.42. The van der Waals surface area contributed by atoms with Gasteiger partial charge in [0.15, 0.2) is 0 Å². The SMILES string of the molecule is CC(C)CCC(C)NCC(O)COc1ccc(Cl)c(Cl)c1. The number of hydrogen-bond acceptors (Lipinski definition) is 3. The highest BCUT2D eigenvalue weighted by molar-refractivity contribution is 6.42. The fraction of sp³-hybridized carbons (Fsp3) is 0.625. The third kappa shape index (κ3) is 7.91. The van der Waals surface area contributed by atoms with E-state index >= 15 is 0 Å². The molecule has 2 N–H and O–H groups in total. The van der Waals surface area contributed by atoms with Crippen LogP contribution in [-0.4, -0.2) is 30.4 Å². The van der Waals surface area contributed by atoms with Crippen molar-refractivity contribution in [3.8, 4) is 5.75 Å². The average molecular weight is 334 g/mol. The molecule has 2 unspecified atom stereocenters. The third-order valence-corrected chi connectivity index (χ3v) is 3.95. The van der Waals surface area contributed by atoms with Crippen molar-refractivity contribution >= 4 is 23.2 Å². The number of ether oxygens (including phenoxy) is 1. The number of aliphatic hydroxyl groups excluding tert-OH is 1. The lowest BCUT2D eigenvalue weighted by atomic mass is 10.0. The summed E-state index contributed by atoms with van der Waals surface area (Å²) in [4.78, 5) is 0. The summed E-state index contributed by atoms with van der Waals surface area (Å²) in [5, 5.41) is 14.2. The maximum Gasteiger partial charge on any atom is 0.121 e. The van der Waals surface area contributed by atoms with E-state index in [-0.39, 0.29) is 6.61 Å². The van der Waals surface area contributed by atoms with Crippen molar-refractivity contribution < 1.29 is 9.84 Å². The summed E-state index contributed by atoms with van der Waals surface area (Å²) in [5.41, 5.74) is 0. The van der Waals surface area contributed by atoms with Crippen LogP contribution in [0.3, 0.4) is 0 Å². The van der Waals surface area contributed by atoms with Gasteiger partial charge in [0.25, 0.3) is 0 Å². The van der Waals surface area contributed by atoms with Crippen molar-refractivity contribution in [1.82, 2.24) is 5.32 Å². The number of rotatable bonds is 9. The molecule has 2 atom stereocenters. The topological polar surface area (TPSA) is 41.5 Å². The van der Waals surface area contributed by atoms with Crippen LogP contribution in [0.25, 0.3) is 0 Å². The minimum Gasteiger partial charge on any atom is -0.491 e. The van der Waals surface area contributed by atoms with Gasteiger partial charge in [-0.05, 0) is 37.8 Å². The molecule has 1 aromatic rings. The van der Waals surface area contributed by atoms with Gasteiger partial charge in [-0.15, -0.1) is 0 Å². The van der Waals surface area contributed by atoms with Gasteiger partial charge in [-0.25, -0.2) is 0 Å². The summed E-state index contributed by atoms with van der Waals surface area (Å²) in [6.45, 7) is 7.30. The quantitative estimate of drug-likeness (QED) is 0.713. The van der Waals surface area contributed by atoms with Crippen LogP contribution in [0.15, 0.2) is 18.2 Å². The monoisotopic (exact) mass is 333 g/mol. The first kappa shape index (κ1) is 18.6. The maximum atomic E-state index is 9.91. The smallest absolute Gasteiger partial charge is 0.121 e. The molecule has 0 fully saturated rings. The van der Waals surface area contributed by atoms with Crippen LogP contribution in [0.4, 0.5) is 0 Å². The second-order valence-electron chi connectivity index (χ2n) is 5.82. The molecular weight excluding hydrogens is 309 g/mol. The number of benzene rings is 1. The van der Waals surface area contributed by atoms with Crippen molar-refractivity contribution in [2.75, 3.05) is 13.2 Å². The Hall–Kier alpha value is -0.480. The van der Waals surface area contributed by atoms with Gasteiger partial charge in [-0.2, -0.15) is 0 Å². The van der Waals surface area contributed by atoms with Crippen LogP contribution < -0.4 is 10.1 Å². The summed E-state index contributed by atoms with van der Waals surface area (Å²) < 4.78 is 5.50. The van der Waals surface area contributed by atoms with Crippen molar-refractivity contribution in [1.29, 1.82) is 0 Å². The van der Waals surface area contributed by atoms with Crippen LogP contribution in [0.1, 0.15) is 33.6 Å². The Morgan fingerprint density at radius 1 is 1.14 bits per heavy atom. The first-order chi connectivity index (χ1) is 9.88. The third-order valence-electron chi connectivity index (χ3n) is 3.21. The van der Waals surface area contributed by atoms with Crippen LogP contribution >= 0.6 is 23.2 Å². The van der Waals surface area contributed by atoms with Crippen LogP contribution in [-0.2, 0) is 0 Å². The van der Waals surface area contributed by atoms with E-state index in [2.05, 4.69) is 26.1 Å². The van der Waals surface area contributed by atoms with E-state index in [1.165, 1.54) is 6.42 Å². The van der Waals surface area contributed by atoms with Gasteiger partial charge in [0, 0.05) is 18.7 Å². The molecule has 1 aromatic carbocycles. The normalized spacial score (nSPS) is 14.2. The molecule has 0 spiro atoms. The summed E-state index contributed by atoms with van der Waals surface area (Å²) in [6.07, 6.45) is 1.74. The van der Waals surface area contributed by atoms with Gasteiger partial charge < -0.3 is 15.2 Å². The average Bonchev–Trinajstić information content (AvgIpc) is 2.44. The first-order valence-electron chi connectivity index (χ1n) is 7.37. The number of nitrogens with one attached hydrogen (secondary N) is 1. The van der Waals surface area contributed by atoms with E-state index in [9.17, 15) is 5.11 Å². The standard InChI is InChI=1S/C16H25Cl2NO2/c1-11(2)4-5-12(3)19-9-13(20)10-21-14-6-7-15(17)16(18)8-14/h6-8,11-13,19-20H,4-5,9-10H2,1-3H3. The zero-order valence-electron chi connectivity index (χ0n) is 12.9. The molecule has 0 amide bonds. The van der Waals surface area contributed by atoms with Crippen molar-refractivity contribution in [3.63, 3.8) is 0 Å². The molecule has 0 saturated carbocycles. The van der Waals surface area contributed by atoms with E-state index in [1.54, 1.807) is 18.2 Å². The van der Waals surface area contributed by atoms with Crippen LogP contribution in [0.5, 0.6) is 5.75 Å². The van der Waals surface area contributed by atoms with E-state index in [4.69, 9.17) is 27.9 Å². The second-order valence-corrected chi connectivity index (χ2v) is 6.64. The number of aliphatic hydroxyl groups is 1. The molecule has 5 heteroatoms. The molecule has 0 saturated heterocycles. The Morgan fingerprint density at radius 2 is 1.86 bits per heavy atom. The van der Waals surface area contributed by atoms with E-state index in [1.807, 2.05) is 0 Å². The van der Waals surface area contributed by atoms with E-state index < -0.39 is 6.10 Å². The molecule has 3 nitrogen and oxygen atoms in total. The van der Waals surface area contributed by atoms with Gasteiger partial charge >= 0.3 is 0 Å². The highest BCUT2D eigenvalue weighted by atomic mass is 35.5. The van der Waals surface area contributed by atoms with Crippen molar-refractivity contribution in [3.05, 3.63) is 28.2 Å². The molecule has 1 rings (SSSR count). The summed E-state index contributed by atoms with van der Waals surface area (Å²) in [6, 6.07) is 5.46. The van der Waals surface area contributed by atoms with Gasteiger partial charge in [0.1, 0.15) is 18.5 Å². The zero-order chi connectivity index (χ0) is 15.8. The predicted octanol–water partition coefficient (Wildman–Crippen LogP) is 4.15. The fourth-order valence-corrected chi connectivity index (χ4v) is 2.13.